The van der Waals surface area contributed by atoms with Crippen molar-refractivity contribution in [2.75, 3.05) is 19.9 Å². The molecule has 0 aromatic carbocycles. The fourth-order valence-corrected chi connectivity index (χ4v) is 2.56. The maximum atomic E-state index is 5.86. The lowest BCUT2D eigenvalue weighted by molar-refractivity contribution is -0.0300. The molecule has 4 nitrogen and oxygen atoms in total. The van der Waals surface area contributed by atoms with Crippen molar-refractivity contribution >= 4 is 0 Å². The quantitative estimate of drug-likeness (QED) is 0.765. The van der Waals surface area contributed by atoms with E-state index in [1.54, 1.807) is 0 Å². The highest BCUT2D eigenvalue weighted by molar-refractivity contribution is 5.21. The van der Waals surface area contributed by atoms with Crippen LogP contribution in [-0.4, -0.2) is 31.0 Å². The minimum absolute atomic E-state index is 0.0931. The van der Waals surface area contributed by atoms with Gasteiger partial charge in [0, 0.05) is 12.2 Å². The summed E-state index contributed by atoms with van der Waals surface area (Å²) in [6.45, 7) is 4.18. The Morgan fingerprint density at radius 2 is 2.44 bits per heavy atom. The number of pyridine rings is 1. The van der Waals surface area contributed by atoms with E-state index in [0.29, 0.717) is 6.79 Å². The van der Waals surface area contributed by atoms with Crippen molar-refractivity contribution in [3.05, 3.63) is 29.6 Å². The van der Waals surface area contributed by atoms with Gasteiger partial charge in [0.2, 0.25) is 0 Å². The third-order valence-corrected chi connectivity index (χ3v) is 3.43. The Morgan fingerprint density at radius 1 is 1.50 bits per heavy atom. The molecule has 2 aliphatic heterocycles. The molecule has 1 aromatic rings. The summed E-state index contributed by atoms with van der Waals surface area (Å²) in [6.07, 6.45) is 1.02. The Hall–Kier alpha value is -0.970. The predicted molar refractivity (Wildman–Crippen MR) is 59.0 cm³/mol. The standard InChI is InChI=1S/C12H16N2O2/c1-9-3-2-4-10(14-9)12-5-6-13-7-11(12)15-8-16-12/h2-4,11,13H,5-8H2,1H3/t11-,12?/m1/s1. The number of hydrogen-bond acceptors (Lipinski definition) is 4. The third-order valence-electron chi connectivity index (χ3n) is 3.43. The van der Waals surface area contributed by atoms with Gasteiger partial charge in [0.1, 0.15) is 18.5 Å². The second-order valence-electron chi connectivity index (χ2n) is 4.43. The van der Waals surface area contributed by atoms with E-state index < -0.39 is 0 Å². The van der Waals surface area contributed by atoms with Gasteiger partial charge in [-0.25, -0.2) is 0 Å². The summed E-state index contributed by atoms with van der Waals surface area (Å²) in [5.41, 5.74) is 1.72. The molecule has 16 heavy (non-hydrogen) atoms. The highest BCUT2D eigenvalue weighted by Gasteiger charge is 2.49. The lowest BCUT2D eigenvalue weighted by atomic mass is 9.86. The van der Waals surface area contributed by atoms with Crippen LogP contribution in [-0.2, 0) is 15.1 Å². The highest BCUT2D eigenvalue weighted by Crippen LogP contribution is 2.39. The fourth-order valence-electron chi connectivity index (χ4n) is 2.56. The molecule has 0 aliphatic carbocycles. The Balaban J connectivity index is 2.02. The van der Waals surface area contributed by atoms with Gasteiger partial charge in [-0.05, 0) is 32.0 Å². The molecule has 0 amide bonds. The van der Waals surface area contributed by atoms with Crippen LogP contribution >= 0.6 is 0 Å². The minimum atomic E-state index is -0.322. The van der Waals surface area contributed by atoms with Crippen LogP contribution in [0.4, 0.5) is 0 Å². The van der Waals surface area contributed by atoms with Crippen molar-refractivity contribution in [1.29, 1.82) is 0 Å². The van der Waals surface area contributed by atoms with Crippen LogP contribution in [0.25, 0.3) is 0 Å². The zero-order valence-electron chi connectivity index (χ0n) is 9.40. The molecule has 3 heterocycles. The zero-order valence-corrected chi connectivity index (χ0v) is 9.40. The first kappa shape index (κ1) is 10.2. The summed E-state index contributed by atoms with van der Waals surface area (Å²) in [7, 11) is 0. The van der Waals surface area contributed by atoms with Gasteiger partial charge in [-0.1, -0.05) is 6.07 Å². The molecule has 2 aliphatic rings. The first-order valence-electron chi connectivity index (χ1n) is 5.72. The number of ether oxygens (including phenoxy) is 2. The van der Waals surface area contributed by atoms with Crippen LogP contribution in [0, 0.1) is 6.92 Å². The second kappa shape index (κ2) is 3.80. The Kier molecular flexibility index (Phi) is 2.42. The number of rotatable bonds is 1. The molecule has 1 unspecified atom stereocenters. The first-order valence-corrected chi connectivity index (χ1v) is 5.72. The highest BCUT2D eigenvalue weighted by atomic mass is 16.7. The molecule has 1 aromatic heterocycles. The van der Waals surface area contributed by atoms with Gasteiger partial charge in [0.05, 0.1) is 5.69 Å². The molecule has 2 saturated heterocycles. The monoisotopic (exact) mass is 220 g/mol. The van der Waals surface area contributed by atoms with Gasteiger partial charge in [-0.15, -0.1) is 0 Å². The summed E-state index contributed by atoms with van der Waals surface area (Å²) in [4.78, 5) is 4.60. The smallest absolute Gasteiger partial charge is 0.148 e. The molecule has 0 spiro atoms. The number of aromatic nitrogens is 1. The van der Waals surface area contributed by atoms with Gasteiger partial charge in [-0.2, -0.15) is 0 Å². The summed E-state index contributed by atoms with van der Waals surface area (Å²) in [5, 5.41) is 3.33. The van der Waals surface area contributed by atoms with Crippen molar-refractivity contribution in [2.45, 2.75) is 25.0 Å². The molecule has 2 fully saturated rings. The normalized spacial score (nSPS) is 33.7. The van der Waals surface area contributed by atoms with E-state index in [2.05, 4.69) is 10.3 Å². The molecule has 2 atom stereocenters. The molecule has 0 saturated carbocycles. The number of aryl methyl sites for hydroxylation is 1. The number of hydrogen-bond donors (Lipinski definition) is 1. The van der Waals surface area contributed by atoms with E-state index in [1.165, 1.54) is 0 Å². The minimum Gasteiger partial charge on any atom is -0.347 e. The topological polar surface area (TPSA) is 43.4 Å². The largest absolute Gasteiger partial charge is 0.347 e. The Labute approximate surface area is 95.0 Å². The summed E-state index contributed by atoms with van der Waals surface area (Å²) >= 11 is 0. The van der Waals surface area contributed by atoms with Crippen LogP contribution in [0.5, 0.6) is 0 Å². The van der Waals surface area contributed by atoms with Gasteiger partial charge in [0.25, 0.3) is 0 Å². The van der Waals surface area contributed by atoms with Crippen molar-refractivity contribution in [3.63, 3.8) is 0 Å². The molecule has 4 heteroatoms. The van der Waals surface area contributed by atoms with E-state index >= 15 is 0 Å². The maximum Gasteiger partial charge on any atom is 0.148 e. The predicted octanol–water partition coefficient (Wildman–Crippen LogP) is 0.952. The average Bonchev–Trinajstić information content (AvgIpc) is 2.73. The second-order valence-corrected chi connectivity index (χ2v) is 4.43. The van der Waals surface area contributed by atoms with Gasteiger partial charge < -0.3 is 14.8 Å². The van der Waals surface area contributed by atoms with Crippen molar-refractivity contribution in [1.82, 2.24) is 10.3 Å². The van der Waals surface area contributed by atoms with Crippen LogP contribution in [0.15, 0.2) is 18.2 Å². The van der Waals surface area contributed by atoms with E-state index in [-0.39, 0.29) is 11.7 Å². The van der Waals surface area contributed by atoms with E-state index in [1.807, 2.05) is 25.1 Å². The van der Waals surface area contributed by atoms with Crippen LogP contribution < -0.4 is 5.32 Å². The number of fused-ring (bicyclic) bond motifs is 1. The van der Waals surface area contributed by atoms with Crippen molar-refractivity contribution < 1.29 is 9.47 Å². The molecule has 1 N–H and O–H groups in total. The Bertz CT molecular complexity index is 396. The summed E-state index contributed by atoms with van der Waals surface area (Å²) < 4.78 is 11.5. The molecule has 3 rings (SSSR count). The first-order chi connectivity index (χ1) is 7.81. The maximum absolute atomic E-state index is 5.86. The van der Waals surface area contributed by atoms with Crippen molar-refractivity contribution in [3.8, 4) is 0 Å². The SMILES string of the molecule is Cc1cccc(C23CCNC[C@H]2OCO3)n1. The summed E-state index contributed by atoms with van der Waals surface area (Å²) in [6, 6.07) is 6.08. The van der Waals surface area contributed by atoms with Gasteiger partial charge >= 0.3 is 0 Å². The lowest BCUT2D eigenvalue weighted by Crippen LogP contribution is -2.50. The van der Waals surface area contributed by atoms with Crippen LogP contribution in [0.2, 0.25) is 0 Å². The zero-order chi connectivity index (χ0) is 11.0. The van der Waals surface area contributed by atoms with Crippen LogP contribution in [0.1, 0.15) is 17.8 Å². The molecule has 0 radical (unpaired) electrons. The fraction of sp³-hybridized carbons (Fsp3) is 0.583. The molecular weight excluding hydrogens is 204 g/mol. The third kappa shape index (κ3) is 1.45. The van der Waals surface area contributed by atoms with E-state index in [9.17, 15) is 0 Å². The lowest BCUT2D eigenvalue weighted by Gasteiger charge is -2.36. The molecule has 0 bridgehead atoms. The number of nitrogens with one attached hydrogen (secondary N) is 1. The van der Waals surface area contributed by atoms with Gasteiger partial charge in [-0.3, -0.25) is 4.98 Å². The van der Waals surface area contributed by atoms with E-state index in [0.717, 1.165) is 30.9 Å². The van der Waals surface area contributed by atoms with Crippen molar-refractivity contribution in [2.24, 2.45) is 0 Å². The number of piperidine rings is 1. The molecule has 86 valence electrons. The number of nitrogens with zero attached hydrogens (tertiary/aromatic N) is 1. The van der Waals surface area contributed by atoms with Crippen LogP contribution in [0.3, 0.4) is 0 Å². The average molecular weight is 220 g/mol. The Morgan fingerprint density at radius 3 is 3.31 bits per heavy atom. The van der Waals surface area contributed by atoms with Gasteiger partial charge in [0.15, 0.2) is 0 Å². The van der Waals surface area contributed by atoms with E-state index in [4.69, 9.17) is 9.47 Å². The molecular formula is C12H16N2O2. The summed E-state index contributed by atoms with van der Waals surface area (Å²) in [5.74, 6) is 0.